The molecule has 2 aromatic rings. The summed E-state index contributed by atoms with van der Waals surface area (Å²) in [6, 6.07) is 7.99. The summed E-state index contributed by atoms with van der Waals surface area (Å²) in [6.07, 6.45) is 0.324. The van der Waals surface area contributed by atoms with Crippen molar-refractivity contribution in [3.63, 3.8) is 0 Å². The Morgan fingerprint density at radius 2 is 1.91 bits per heavy atom. The van der Waals surface area contributed by atoms with Crippen LogP contribution in [0.2, 0.25) is 0 Å². The van der Waals surface area contributed by atoms with Crippen molar-refractivity contribution in [3.05, 3.63) is 47.0 Å². The molecule has 1 fully saturated rings. The standard InChI is InChI=1S/C23H27N3O5S/c1-13-7-8-14(2)17(10-13)24-23(28)19-6-5-9-26(19)32(29,30)21-12-20-18(11-15(21)3)25-22(27)16(4)31-20/h7-8,10-12,16,19H,5-6,9H2,1-4H3,(H,24,28)(H,25,27)/t16-,19-/m0/s1. The molecule has 2 amide bonds. The largest absolute Gasteiger partial charge is 0.479 e. The van der Waals surface area contributed by atoms with Gasteiger partial charge in [-0.25, -0.2) is 8.42 Å². The Kier molecular flexibility index (Phi) is 5.72. The number of benzene rings is 2. The van der Waals surface area contributed by atoms with Crippen molar-refractivity contribution in [2.75, 3.05) is 17.2 Å². The van der Waals surface area contributed by atoms with E-state index in [4.69, 9.17) is 4.74 Å². The van der Waals surface area contributed by atoms with Crippen LogP contribution >= 0.6 is 0 Å². The molecule has 4 rings (SSSR count). The number of nitrogens with zero attached hydrogens (tertiary/aromatic N) is 1. The predicted molar refractivity (Wildman–Crippen MR) is 121 cm³/mol. The number of nitrogens with one attached hydrogen (secondary N) is 2. The molecular weight excluding hydrogens is 430 g/mol. The Morgan fingerprint density at radius 1 is 1.16 bits per heavy atom. The van der Waals surface area contributed by atoms with E-state index in [-0.39, 0.29) is 23.3 Å². The maximum atomic E-state index is 13.6. The van der Waals surface area contributed by atoms with Crippen molar-refractivity contribution < 1.29 is 22.7 Å². The second-order valence-corrected chi connectivity index (χ2v) is 10.3. The summed E-state index contributed by atoms with van der Waals surface area (Å²) in [5.74, 6) is -0.320. The third-order valence-corrected chi connectivity index (χ3v) is 8.00. The number of fused-ring (bicyclic) bond motifs is 1. The van der Waals surface area contributed by atoms with Gasteiger partial charge in [0.1, 0.15) is 11.8 Å². The molecule has 2 aromatic carbocycles. The quantitative estimate of drug-likeness (QED) is 0.734. The molecule has 2 aliphatic rings. The van der Waals surface area contributed by atoms with Crippen LogP contribution in [0.25, 0.3) is 0 Å². The molecular formula is C23H27N3O5S. The van der Waals surface area contributed by atoms with Crippen LogP contribution < -0.4 is 15.4 Å². The van der Waals surface area contributed by atoms with Gasteiger partial charge in [-0.05, 0) is 69.4 Å². The highest BCUT2D eigenvalue weighted by molar-refractivity contribution is 7.89. The number of aryl methyl sites for hydroxylation is 3. The molecule has 2 N–H and O–H groups in total. The summed E-state index contributed by atoms with van der Waals surface area (Å²) in [6.45, 7) is 7.36. The highest BCUT2D eigenvalue weighted by atomic mass is 32.2. The lowest BCUT2D eigenvalue weighted by Crippen LogP contribution is -2.43. The highest BCUT2D eigenvalue weighted by Gasteiger charge is 2.41. The SMILES string of the molecule is Cc1ccc(C)c(NC(=O)[C@@H]2CCCN2S(=O)(=O)c2cc3c(cc2C)NC(=O)[C@H](C)O3)c1. The highest BCUT2D eigenvalue weighted by Crippen LogP contribution is 2.37. The summed E-state index contributed by atoms with van der Waals surface area (Å²) >= 11 is 0. The van der Waals surface area contributed by atoms with E-state index < -0.39 is 22.2 Å². The number of hydrogen-bond acceptors (Lipinski definition) is 5. The van der Waals surface area contributed by atoms with Crippen molar-refractivity contribution in [2.24, 2.45) is 0 Å². The molecule has 2 aliphatic heterocycles. The molecule has 1 saturated heterocycles. The van der Waals surface area contributed by atoms with Gasteiger partial charge in [0.25, 0.3) is 5.91 Å². The summed E-state index contributed by atoms with van der Waals surface area (Å²) in [7, 11) is -3.96. The average molecular weight is 458 g/mol. The van der Waals surface area contributed by atoms with Gasteiger partial charge >= 0.3 is 0 Å². The van der Waals surface area contributed by atoms with E-state index >= 15 is 0 Å². The number of anilines is 2. The molecule has 170 valence electrons. The number of rotatable bonds is 4. The molecule has 0 aromatic heterocycles. The van der Waals surface area contributed by atoms with E-state index in [1.165, 1.54) is 10.4 Å². The van der Waals surface area contributed by atoms with Crippen molar-refractivity contribution in [3.8, 4) is 5.75 Å². The van der Waals surface area contributed by atoms with Crippen LogP contribution in [0.15, 0.2) is 35.2 Å². The smallest absolute Gasteiger partial charge is 0.265 e. The minimum Gasteiger partial charge on any atom is -0.479 e. The van der Waals surface area contributed by atoms with Gasteiger partial charge in [0.05, 0.1) is 10.6 Å². The average Bonchev–Trinajstić information content (AvgIpc) is 3.22. The normalized spacial score (nSPS) is 20.9. The Morgan fingerprint density at radius 3 is 2.66 bits per heavy atom. The molecule has 0 aliphatic carbocycles. The second kappa shape index (κ2) is 8.22. The zero-order chi connectivity index (χ0) is 23.2. The van der Waals surface area contributed by atoms with Crippen LogP contribution in [0.4, 0.5) is 11.4 Å². The molecule has 8 nitrogen and oxygen atoms in total. The summed E-state index contributed by atoms with van der Waals surface area (Å²) in [5, 5.41) is 5.63. The molecule has 0 bridgehead atoms. The molecule has 2 atom stereocenters. The number of carbonyl (C=O) groups is 2. The van der Waals surface area contributed by atoms with Crippen molar-refractivity contribution in [2.45, 2.75) is 57.6 Å². The van der Waals surface area contributed by atoms with Crippen LogP contribution in [-0.4, -0.2) is 43.2 Å². The monoisotopic (exact) mass is 457 g/mol. The van der Waals surface area contributed by atoms with Gasteiger partial charge in [-0.3, -0.25) is 9.59 Å². The van der Waals surface area contributed by atoms with Gasteiger partial charge < -0.3 is 15.4 Å². The molecule has 2 heterocycles. The Balaban J connectivity index is 1.63. The van der Waals surface area contributed by atoms with E-state index in [0.717, 1.165) is 11.1 Å². The van der Waals surface area contributed by atoms with Crippen LogP contribution in [0.3, 0.4) is 0 Å². The first kappa shape index (κ1) is 22.3. The van der Waals surface area contributed by atoms with Gasteiger partial charge in [-0.15, -0.1) is 0 Å². The van der Waals surface area contributed by atoms with Crippen LogP contribution in [0.5, 0.6) is 5.75 Å². The van der Waals surface area contributed by atoms with Gasteiger partial charge in [0.2, 0.25) is 15.9 Å². The third-order valence-electron chi connectivity index (χ3n) is 5.95. The lowest BCUT2D eigenvalue weighted by atomic mass is 10.1. The zero-order valence-electron chi connectivity index (χ0n) is 18.6. The second-order valence-electron chi connectivity index (χ2n) is 8.44. The van der Waals surface area contributed by atoms with Crippen LogP contribution in [0, 0.1) is 20.8 Å². The van der Waals surface area contributed by atoms with Gasteiger partial charge in [0, 0.05) is 18.3 Å². The summed E-state index contributed by atoms with van der Waals surface area (Å²) in [4.78, 5) is 25.0. The number of ether oxygens (including phenoxy) is 1. The topological polar surface area (TPSA) is 105 Å². The van der Waals surface area contributed by atoms with Gasteiger partial charge in [-0.1, -0.05) is 12.1 Å². The number of amides is 2. The minimum atomic E-state index is -3.96. The lowest BCUT2D eigenvalue weighted by Gasteiger charge is -2.27. The van der Waals surface area contributed by atoms with Crippen LogP contribution in [-0.2, 0) is 19.6 Å². The maximum absolute atomic E-state index is 13.6. The molecule has 0 spiro atoms. The Labute approximate surface area is 188 Å². The van der Waals surface area contributed by atoms with E-state index in [0.29, 0.717) is 35.5 Å². The van der Waals surface area contributed by atoms with Crippen molar-refractivity contribution in [1.82, 2.24) is 4.31 Å². The number of hydrogen-bond donors (Lipinski definition) is 2. The van der Waals surface area contributed by atoms with Crippen molar-refractivity contribution in [1.29, 1.82) is 0 Å². The van der Waals surface area contributed by atoms with Crippen LogP contribution in [0.1, 0.15) is 36.5 Å². The first-order valence-electron chi connectivity index (χ1n) is 10.6. The van der Waals surface area contributed by atoms with E-state index in [1.807, 2.05) is 32.0 Å². The lowest BCUT2D eigenvalue weighted by molar-refractivity contribution is -0.122. The zero-order valence-corrected chi connectivity index (χ0v) is 19.4. The summed E-state index contributed by atoms with van der Waals surface area (Å²) in [5.41, 5.74) is 3.52. The number of sulfonamides is 1. The fraction of sp³-hybridized carbons (Fsp3) is 0.391. The first-order valence-corrected chi connectivity index (χ1v) is 12.0. The van der Waals surface area contributed by atoms with E-state index in [2.05, 4.69) is 10.6 Å². The molecule has 9 heteroatoms. The molecule has 0 unspecified atom stereocenters. The Bertz CT molecular complexity index is 1210. The minimum absolute atomic E-state index is 0.0750. The fourth-order valence-corrected chi connectivity index (χ4v) is 6.00. The van der Waals surface area contributed by atoms with Crippen molar-refractivity contribution >= 4 is 33.2 Å². The molecule has 32 heavy (non-hydrogen) atoms. The third kappa shape index (κ3) is 3.98. The predicted octanol–water partition coefficient (Wildman–Crippen LogP) is 3.12. The molecule has 0 saturated carbocycles. The van der Waals surface area contributed by atoms with E-state index in [1.54, 1.807) is 19.9 Å². The Hall–Kier alpha value is -2.91. The fourth-order valence-electron chi connectivity index (χ4n) is 4.12. The number of carbonyl (C=O) groups excluding carboxylic acids is 2. The van der Waals surface area contributed by atoms with Gasteiger partial charge in [-0.2, -0.15) is 4.31 Å². The summed E-state index contributed by atoms with van der Waals surface area (Å²) < 4.78 is 34.0. The van der Waals surface area contributed by atoms with E-state index in [9.17, 15) is 18.0 Å². The molecule has 0 radical (unpaired) electrons. The van der Waals surface area contributed by atoms with Gasteiger partial charge in [0.15, 0.2) is 6.10 Å². The maximum Gasteiger partial charge on any atom is 0.265 e. The first-order chi connectivity index (χ1) is 15.1.